The van der Waals surface area contributed by atoms with Gasteiger partial charge in [-0.15, -0.1) is 0 Å². The normalized spacial score (nSPS) is 12.0. The van der Waals surface area contributed by atoms with Crippen LogP contribution in [0.25, 0.3) is 87.6 Å². The fourth-order valence-electron chi connectivity index (χ4n) is 12.9. The smallest absolute Gasteiger partial charge is 0.159 e. The molecule has 1 heterocycles. The highest BCUT2D eigenvalue weighted by Crippen LogP contribution is 2.54. The first-order chi connectivity index (χ1) is 39.7. The van der Waals surface area contributed by atoms with Gasteiger partial charge >= 0.3 is 0 Å². The number of rotatable bonds is 13. The van der Waals surface area contributed by atoms with Crippen molar-refractivity contribution in [2.24, 2.45) is 0 Å². The molecule has 0 saturated carbocycles. The fourth-order valence-corrected chi connectivity index (χ4v) is 12.9. The lowest BCUT2D eigenvalue weighted by Gasteiger charge is -2.32. The van der Waals surface area contributed by atoms with Gasteiger partial charge in [0, 0.05) is 44.0 Å². The molecule has 0 fully saturated rings. The molecule has 13 aromatic rings. The highest BCUT2D eigenvalue weighted by molar-refractivity contribution is 6.30. The zero-order chi connectivity index (χ0) is 56.7. The molecule has 12 aromatic carbocycles. The maximum Gasteiger partial charge on any atom is 0.159 e. The Morgan fingerprint density at radius 3 is 1.29 bits per heavy atom. The Kier molecular flexibility index (Phi) is 13.2. The van der Waals surface area contributed by atoms with E-state index in [-0.39, 0.29) is 17.6 Å². The van der Waals surface area contributed by atoms with E-state index < -0.39 is 0 Å². The quantitative estimate of drug-likeness (QED) is 0.117. The lowest BCUT2D eigenvalue weighted by Crippen LogP contribution is -2.13. The van der Waals surface area contributed by atoms with Crippen LogP contribution in [-0.2, 0) is 0 Å². The van der Waals surface area contributed by atoms with Gasteiger partial charge in [-0.3, -0.25) is 0 Å². The van der Waals surface area contributed by atoms with E-state index in [0.29, 0.717) is 17.5 Å². The zero-order valence-electron chi connectivity index (χ0n) is 48.8. The summed E-state index contributed by atoms with van der Waals surface area (Å²) >= 11 is 0. The SMILES string of the molecule is Cc1ccccc1-c1cccc(-c2cccc(N(c3ccc(C(C)C)cc3)c3cc(C(C)C)c4ccc5c(N(c6ccc(C(C)C)cc6)c6cccc7c6oc6c(-c8ccccc8C)cccc67)cc(C(C)C)c6ccc3c4c65)c2O)c1. The van der Waals surface area contributed by atoms with Crippen molar-refractivity contribution in [2.75, 3.05) is 9.80 Å². The molecule has 0 atom stereocenters. The van der Waals surface area contributed by atoms with Crippen molar-refractivity contribution in [3.05, 3.63) is 246 Å². The van der Waals surface area contributed by atoms with Gasteiger partial charge in [-0.05, 0) is 169 Å². The molecule has 0 radical (unpaired) electrons. The summed E-state index contributed by atoms with van der Waals surface area (Å²) in [6.07, 6.45) is 0. The van der Waals surface area contributed by atoms with Crippen LogP contribution in [0.4, 0.5) is 34.1 Å². The van der Waals surface area contributed by atoms with E-state index in [1.165, 1.54) is 66.1 Å². The van der Waals surface area contributed by atoms with Crippen LogP contribution in [0.1, 0.15) is 112 Å². The summed E-state index contributed by atoms with van der Waals surface area (Å²) in [5.74, 6) is 1.32. The second-order valence-corrected chi connectivity index (χ2v) is 23.8. The van der Waals surface area contributed by atoms with Crippen molar-refractivity contribution in [1.82, 2.24) is 0 Å². The third-order valence-corrected chi connectivity index (χ3v) is 17.3. The summed E-state index contributed by atoms with van der Waals surface area (Å²) in [6, 6.07) is 77.5. The summed E-state index contributed by atoms with van der Waals surface area (Å²) in [7, 11) is 0. The second-order valence-electron chi connectivity index (χ2n) is 23.8. The largest absolute Gasteiger partial charge is 0.505 e. The van der Waals surface area contributed by atoms with Crippen LogP contribution < -0.4 is 9.80 Å². The van der Waals surface area contributed by atoms with Gasteiger partial charge in [0.15, 0.2) is 5.58 Å². The van der Waals surface area contributed by atoms with E-state index in [2.05, 4.69) is 285 Å². The zero-order valence-corrected chi connectivity index (χ0v) is 48.8. The van der Waals surface area contributed by atoms with Crippen LogP contribution in [-0.4, -0.2) is 5.11 Å². The Morgan fingerprint density at radius 1 is 0.329 bits per heavy atom. The first-order valence-electron chi connectivity index (χ1n) is 29.3. The molecule has 0 saturated heterocycles. The van der Waals surface area contributed by atoms with Crippen LogP contribution in [0.2, 0.25) is 0 Å². The Labute approximate surface area is 482 Å². The number of aromatic hydroxyl groups is 1. The minimum atomic E-state index is 0.174. The number of benzene rings is 12. The number of nitrogens with zero attached hydrogens (tertiary/aromatic N) is 2. The van der Waals surface area contributed by atoms with Gasteiger partial charge in [-0.2, -0.15) is 0 Å². The molecular formula is C78H70N2O2. The third kappa shape index (κ3) is 8.75. The maximum absolute atomic E-state index is 13.0. The minimum absolute atomic E-state index is 0.174. The molecule has 82 heavy (non-hydrogen) atoms. The van der Waals surface area contributed by atoms with Crippen LogP contribution >= 0.6 is 0 Å². The van der Waals surface area contributed by atoms with Crippen LogP contribution in [0.5, 0.6) is 5.75 Å². The number of hydrogen-bond acceptors (Lipinski definition) is 4. The van der Waals surface area contributed by atoms with E-state index in [0.717, 1.165) is 83.4 Å². The number of anilines is 6. The molecule has 4 nitrogen and oxygen atoms in total. The van der Waals surface area contributed by atoms with E-state index >= 15 is 0 Å². The number of hydrogen-bond donors (Lipinski definition) is 1. The van der Waals surface area contributed by atoms with Crippen molar-refractivity contribution in [3.63, 3.8) is 0 Å². The van der Waals surface area contributed by atoms with Gasteiger partial charge in [-0.25, -0.2) is 0 Å². The van der Waals surface area contributed by atoms with E-state index in [4.69, 9.17) is 4.42 Å². The molecule has 404 valence electrons. The standard InChI is InChI=1S/C78H70N2O2/c1-46(2)52-31-35-56(36-32-52)79(70-29-17-25-60(76(70)81)55-22-15-21-54(43-55)58-23-13-11-19-50(58)9)72-44-68(48(5)6)61-40-42-67-73(45-69(49(7)8)62-39-41-66(72)74(61)75(62)67)80(57-37-33-53(34-38-57)47(3)4)71-30-18-28-65-64-27-16-26-63(77(64)82-78(65)71)59-24-14-12-20-51(59)10/h11-49,81H,1-10H3. The molecule has 0 aliphatic rings. The molecule has 4 heteroatoms. The number of para-hydroxylation sites is 3. The number of phenols is 1. The maximum atomic E-state index is 13.0. The Morgan fingerprint density at radius 2 is 0.756 bits per heavy atom. The monoisotopic (exact) mass is 1070 g/mol. The first-order valence-corrected chi connectivity index (χ1v) is 29.3. The summed E-state index contributed by atoms with van der Waals surface area (Å²) < 4.78 is 7.31. The number of aryl methyl sites for hydroxylation is 2. The van der Waals surface area contributed by atoms with Gasteiger partial charge in [0.25, 0.3) is 0 Å². The molecule has 1 N–H and O–H groups in total. The van der Waals surface area contributed by atoms with Gasteiger partial charge in [0.1, 0.15) is 11.3 Å². The lowest BCUT2D eigenvalue weighted by atomic mass is 9.84. The van der Waals surface area contributed by atoms with Gasteiger partial charge < -0.3 is 19.3 Å². The highest BCUT2D eigenvalue weighted by atomic mass is 16.3. The number of furan rings is 1. The van der Waals surface area contributed by atoms with E-state index in [1.807, 2.05) is 6.07 Å². The molecule has 1 aromatic heterocycles. The molecule has 0 spiro atoms. The predicted octanol–water partition coefficient (Wildman–Crippen LogP) is 23.2. The highest BCUT2D eigenvalue weighted by Gasteiger charge is 2.29. The minimum Gasteiger partial charge on any atom is -0.505 e. The summed E-state index contributed by atoms with van der Waals surface area (Å²) in [5.41, 5.74) is 21.3. The molecule has 13 rings (SSSR count). The Hall–Kier alpha value is -9.12. The van der Waals surface area contributed by atoms with Gasteiger partial charge in [0.2, 0.25) is 0 Å². The molecular weight excluding hydrogens is 997 g/mol. The topological polar surface area (TPSA) is 39.9 Å². The number of fused-ring (bicyclic) bond motifs is 3. The van der Waals surface area contributed by atoms with Gasteiger partial charge in [-0.1, -0.05) is 213 Å². The van der Waals surface area contributed by atoms with Crippen molar-refractivity contribution >= 4 is 88.4 Å². The first kappa shape index (κ1) is 52.3. The average molecular weight is 1070 g/mol. The Bertz CT molecular complexity index is 4560. The van der Waals surface area contributed by atoms with Crippen molar-refractivity contribution in [3.8, 4) is 39.1 Å². The molecule has 0 amide bonds. The predicted molar refractivity (Wildman–Crippen MR) is 351 cm³/mol. The van der Waals surface area contributed by atoms with Crippen LogP contribution in [0, 0.1) is 13.8 Å². The summed E-state index contributed by atoms with van der Waals surface area (Å²) in [4.78, 5) is 4.77. The molecule has 0 bridgehead atoms. The average Bonchev–Trinajstić information content (AvgIpc) is 2.36. The van der Waals surface area contributed by atoms with Crippen molar-refractivity contribution in [2.45, 2.75) is 92.9 Å². The van der Waals surface area contributed by atoms with Crippen LogP contribution in [0.15, 0.2) is 217 Å². The molecule has 0 aliphatic carbocycles. The Balaban J connectivity index is 1.09. The van der Waals surface area contributed by atoms with Crippen molar-refractivity contribution < 1.29 is 9.52 Å². The molecule has 0 unspecified atom stereocenters. The van der Waals surface area contributed by atoms with Crippen LogP contribution in [0.3, 0.4) is 0 Å². The summed E-state index contributed by atoms with van der Waals surface area (Å²) in [6.45, 7) is 22.6. The second kappa shape index (κ2) is 20.8. The fraction of sp³-hybridized carbons (Fsp3) is 0.179. The third-order valence-electron chi connectivity index (χ3n) is 17.3. The lowest BCUT2D eigenvalue weighted by molar-refractivity contribution is 0.478. The van der Waals surface area contributed by atoms with E-state index in [1.54, 1.807) is 0 Å². The van der Waals surface area contributed by atoms with Crippen molar-refractivity contribution in [1.29, 1.82) is 0 Å². The van der Waals surface area contributed by atoms with Gasteiger partial charge in [0.05, 0.1) is 22.7 Å². The number of phenolic OH excluding ortho intramolecular Hbond substituents is 1. The van der Waals surface area contributed by atoms with E-state index in [9.17, 15) is 5.11 Å². The molecule has 0 aliphatic heterocycles. The summed E-state index contributed by atoms with van der Waals surface area (Å²) in [5, 5.41) is 22.4.